The predicted octanol–water partition coefficient (Wildman–Crippen LogP) is 3.00. The van der Waals surface area contributed by atoms with E-state index < -0.39 is 17.6 Å². The van der Waals surface area contributed by atoms with Crippen molar-refractivity contribution in [2.75, 3.05) is 5.32 Å². The Morgan fingerprint density at radius 3 is 2.48 bits per heavy atom. The molecule has 3 N–H and O–H groups in total. The average Bonchev–Trinajstić information content (AvgIpc) is 3.30. The lowest BCUT2D eigenvalue weighted by Gasteiger charge is -2.06. The summed E-state index contributed by atoms with van der Waals surface area (Å²) in [6, 6.07) is 14.7. The van der Waals surface area contributed by atoms with Crippen molar-refractivity contribution in [3.05, 3.63) is 82.6 Å². The van der Waals surface area contributed by atoms with E-state index in [1.807, 2.05) is 28.8 Å². The minimum absolute atomic E-state index is 0.0221. The highest BCUT2D eigenvalue weighted by Gasteiger charge is 2.24. The van der Waals surface area contributed by atoms with E-state index in [0.29, 0.717) is 17.0 Å². The van der Waals surface area contributed by atoms with Gasteiger partial charge < -0.3 is 15.6 Å². The number of amides is 2. The molecule has 2 aromatic heterocycles. The maximum Gasteiger partial charge on any atom is 0.298 e. The second-order valence-corrected chi connectivity index (χ2v) is 7.43. The summed E-state index contributed by atoms with van der Waals surface area (Å²) in [5.74, 6) is -2.31. The fraction of sp³-hybridized carbons (Fsp3) is 0.0909. The van der Waals surface area contributed by atoms with Crippen LogP contribution in [0, 0.1) is 0 Å². The third-order valence-electron chi connectivity index (χ3n) is 4.94. The highest BCUT2D eigenvalue weighted by molar-refractivity contribution is 6.48. The van der Waals surface area contributed by atoms with Crippen molar-refractivity contribution in [3.8, 4) is 0 Å². The van der Waals surface area contributed by atoms with Gasteiger partial charge in [-0.3, -0.25) is 19.1 Å². The summed E-state index contributed by atoms with van der Waals surface area (Å²) in [6.45, 7) is 0.500. The fourth-order valence-corrected chi connectivity index (χ4v) is 3.52. The maximum absolute atomic E-state index is 13.0. The van der Waals surface area contributed by atoms with Crippen LogP contribution in [0.1, 0.15) is 26.3 Å². The standard InChI is InChI=1S/C22H18ClN5O3/c1-27-21(16(10-25-27)20(24)30)26-22(31)19(29)17-12-28(18-5-3-2-4-15(17)18)11-13-6-8-14(23)9-7-13/h2-10,12H,11H2,1H3,(H2,24,30)(H,26,31). The molecule has 0 aliphatic heterocycles. The Labute approximate surface area is 182 Å². The Morgan fingerprint density at radius 1 is 1.06 bits per heavy atom. The quantitative estimate of drug-likeness (QED) is 0.358. The Bertz CT molecular complexity index is 1320. The summed E-state index contributed by atoms with van der Waals surface area (Å²) < 4.78 is 3.17. The molecule has 0 saturated carbocycles. The molecule has 2 aromatic carbocycles. The molecule has 0 unspecified atom stereocenters. The number of Topliss-reactive ketones (excluding diaryl/α,β-unsaturated/α-hetero) is 1. The number of anilines is 1. The molecular weight excluding hydrogens is 418 g/mol. The van der Waals surface area contributed by atoms with Crippen molar-refractivity contribution in [2.24, 2.45) is 12.8 Å². The van der Waals surface area contributed by atoms with E-state index in [4.69, 9.17) is 17.3 Å². The van der Waals surface area contributed by atoms with Crippen LogP contribution in [0.5, 0.6) is 0 Å². The molecule has 0 saturated heterocycles. The fourth-order valence-electron chi connectivity index (χ4n) is 3.40. The summed E-state index contributed by atoms with van der Waals surface area (Å²) in [7, 11) is 1.53. The Hall–Kier alpha value is -3.91. The number of rotatable bonds is 6. The number of aromatic nitrogens is 3. The van der Waals surface area contributed by atoms with Crippen molar-refractivity contribution in [2.45, 2.75) is 6.54 Å². The van der Waals surface area contributed by atoms with Gasteiger partial charge in [0.25, 0.3) is 17.6 Å². The second-order valence-electron chi connectivity index (χ2n) is 6.99. The number of hydrogen-bond donors (Lipinski definition) is 2. The predicted molar refractivity (Wildman–Crippen MR) is 117 cm³/mol. The molecule has 0 bridgehead atoms. The van der Waals surface area contributed by atoms with Gasteiger partial charge in [-0.15, -0.1) is 0 Å². The first-order valence-corrected chi connectivity index (χ1v) is 9.72. The number of nitrogens with two attached hydrogens (primary N) is 1. The van der Waals surface area contributed by atoms with Gasteiger partial charge in [-0.25, -0.2) is 0 Å². The number of carbonyl (C=O) groups excluding carboxylic acids is 3. The summed E-state index contributed by atoms with van der Waals surface area (Å²) in [5, 5.41) is 7.65. The van der Waals surface area contributed by atoms with E-state index in [0.717, 1.165) is 11.1 Å². The molecule has 0 aliphatic rings. The number of ketones is 1. The second kappa shape index (κ2) is 8.08. The molecule has 0 atom stereocenters. The van der Waals surface area contributed by atoms with Crippen molar-refractivity contribution < 1.29 is 14.4 Å². The molecule has 0 spiro atoms. The third-order valence-corrected chi connectivity index (χ3v) is 5.19. The van der Waals surface area contributed by atoms with Crippen molar-refractivity contribution in [1.82, 2.24) is 14.3 Å². The van der Waals surface area contributed by atoms with Crippen LogP contribution in [0.4, 0.5) is 5.82 Å². The zero-order chi connectivity index (χ0) is 22.1. The van der Waals surface area contributed by atoms with Crippen LogP contribution >= 0.6 is 11.6 Å². The van der Waals surface area contributed by atoms with Gasteiger partial charge in [-0.2, -0.15) is 5.10 Å². The molecule has 4 aromatic rings. The first kappa shape index (κ1) is 20.4. The van der Waals surface area contributed by atoms with E-state index in [-0.39, 0.29) is 16.9 Å². The van der Waals surface area contributed by atoms with Gasteiger partial charge in [-0.1, -0.05) is 41.9 Å². The normalized spacial score (nSPS) is 10.9. The topological polar surface area (TPSA) is 112 Å². The van der Waals surface area contributed by atoms with Gasteiger partial charge in [0.1, 0.15) is 11.4 Å². The van der Waals surface area contributed by atoms with Crippen molar-refractivity contribution in [1.29, 1.82) is 0 Å². The molecule has 0 aliphatic carbocycles. The third kappa shape index (κ3) is 3.93. The molecule has 31 heavy (non-hydrogen) atoms. The van der Waals surface area contributed by atoms with Crippen LogP contribution in [0.2, 0.25) is 5.02 Å². The number of nitrogens with zero attached hydrogens (tertiary/aromatic N) is 3. The summed E-state index contributed by atoms with van der Waals surface area (Å²) in [6.07, 6.45) is 2.89. The number of benzene rings is 2. The molecule has 9 heteroatoms. The lowest BCUT2D eigenvalue weighted by atomic mass is 10.1. The van der Waals surface area contributed by atoms with E-state index >= 15 is 0 Å². The summed E-state index contributed by atoms with van der Waals surface area (Å²) in [4.78, 5) is 37.3. The van der Waals surface area contributed by atoms with Crippen LogP contribution < -0.4 is 11.1 Å². The Morgan fingerprint density at radius 2 is 1.77 bits per heavy atom. The maximum atomic E-state index is 13.0. The number of para-hydroxylation sites is 1. The zero-order valence-corrected chi connectivity index (χ0v) is 17.3. The smallest absolute Gasteiger partial charge is 0.298 e. The lowest BCUT2D eigenvalue weighted by Crippen LogP contribution is -2.26. The zero-order valence-electron chi connectivity index (χ0n) is 16.5. The molecule has 4 rings (SSSR count). The molecule has 0 radical (unpaired) electrons. The van der Waals surface area contributed by atoms with Crippen LogP contribution in [0.25, 0.3) is 10.9 Å². The number of carbonyl (C=O) groups is 3. The molecule has 156 valence electrons. The minimum Gasteiger partial charge on any atom is -0.365 e. The highest BCUT2D eigenvalue weighted by Crippen LogP contribution is 2.24. The SMILES string of the molecule is Cn1ncc(C(N)=O)c1NC(=O)C(=O)c1cn(Cc2ccc(Cl)cc2)c2ccccc12. The Balaban J connectivity index is 1.67. The molecule has 2 amide bonds. The number of fused-ring (bicyclic) bond motifs is 1. The summed E-state index contributed by atoms with van der Waals surface area (Å²) >= 11 is 5.96. The van der Waals surface area contributed by atoms with Gasteiger partial charge in [-0.05, 0) is 23.8 Å². The average molecular weight is 436 g/mol. The van der Waals surface area contributed by atoms with Gasteiger partial charge >= 0.3 is 0 Å². The van der Waals surface area contributed by atoms with Crippen LogP contribution in [0.3, 0.4) is 0 Å². The van der Waals surface area contributed by atoms with Crippen molar-refractivity contribution >= 4 is 45.9 Å². The van der Waals surface area contributed by atoms with E-state index in [1.165, 1.54) is 17.9 Å². The Kier molecular flexibility index (Phi) is 5.31. The van der Waals surface area contributed by atoms with Crippen LogP contribution in [0.15, 0.2) is 60.9 Å². The first-order valence-electron chi connectivity index (χ1n) is 9.35. The number of halogens is 1. The van der Waals surface area contributed by atoms with Gasteiger partial charge in [0.05, 0.1) is 11.8 Å². The lowest BCUT2D eigenvalue weighted by molar-refractivity contribution is -0.112. The number of nitrogens with one attached hydrogen (secondary N) is 1. The monoisotopic (exact) mass is 435 g/mol. The van der Waals surface area contributed by atoms with E-state index in [2.05, 4.69) is 10.4 Å². The molecule has 0 fully saturated rings. The molecular formula is C22H18ClN5O3. The summed E-state index contributed by atoms with van der Waals surface area (Å²) in [5.41, 5.74) is 7.39. The number of primary amides is 1. The van der Waals surface area contributed by atoms with Gasteiger partial charge in [0.2, 0.25) is 0 Å². The minimum atomic E-state index is -0.888. The van der Waals surface area contributed by atoms with Crippen molar-refractivity contribution in [3.63, 3.8) is 0 Å². The highest BCUT2D eigenvalue weighted by atomic mass is 35.5. The number of aryl methyl sites for hydroxylation is 1. The van der Waals surface area contributed by atoms with E-state index in [9.17, 15) is 14.4 Å². The van der Waals surface area contributed by atoms with Gasteiger partial charge in [0, 0.05) is 35.7 Å². The van der Waals surface area contributed by atoms with Crippen LogP contribution in [-0.4, -0.2) is 31.9 Å². The molecule has 2 heterocycles. The molecule has 8 nitrogen and oxygen atoms in total. The van der Waals surface area contributed by atoms with Crippen LogP contribution in [-0.2, 0) is 18.4 Å². The number of hydrogen-bond acceptors (Lipinski definition) is 4. The first-order chi connectivity index (χ1) is 14.8. The van der Waals surface area contributed by atoms with Gasteiger partial charge in [0.15, 0.2) is 0 Å². The van der Waals surface area contributed by atoms with E-state index in [1.54, 1.807) is 30.5 Å². The largest absolute Gasteiger partial charge is 0.365 e.